The molecule has 1 aromatic carbocycles. The van der Waals surface area contributed by atoms with E-state index < -0.39 is 5.97 Å². The normalized spacial score (nSPS) is 27.2. The molecule has 1 atom stereocenters. The van der Waals surface area contributed by atoms with Crippen molar-refractivity contribution in [3.63, 3.8) is 0 Å². The van der Waals surface area contributed by atoms with E-state index in [4.69, 9.17) is 5.11 Å². The lowest BCUT2D eigenvalue weighted by atomic mass is 9.86. The predicted molar refractivity (Wildman–Crippen MR) is 87.2 cm³/mol. The van der Waals surface area contributed by atoms with Crippen LogP contribution in [0.15, 0.2) is 24.3 Å². The third kappa shape index (κ3) is 3.33. The van der Waals surface area contributed by atoms with Crippen molar-refractivity contribution in [1.29, 1.82) is 0 Å². The van der Waals surface area contributed by atoms with Crippen LogP contribution in [0.25, 0.3) is 0 Å². The number of hydrogen-bond donors (Lipinski definition) is 2. The number of nitrogens with zero attached hydrogens (tertiary/aromatic N) is 1. The summed E-state index contributed by atoms with van der Waals surface area (Å²) in [6.45, 7) is 2.80. The molecular weight excluding hydrogens is 292 g/mol. The number of urea groups is 1. The van der Waals surface area contributed by atoms with Crippen molar-refractivity contribution in [2.45, 2.75) is 51.1 Å². The summed E-state index contributed by atoms with van der Waals surface area (Å²) in [7, 11) is 0. The molecule has 1 aromatic rings. The minimum absolute atomic E-state index is 0.0224. The zero-order valence-corrected chi connectivity index (χ0v) is 13.5. The fraction of sp³-hybridized carbons (Fsp3) is 0.556. The van der Waals surface area contributed by atoms with Crippen LogP contribution in [-0.2, 0) is 11.2 Å². The fourth-order valence-corrected chi connectivity index (χ4v) is 3.79. The van der Waals surface area contributed by atoms with Crippen LogP contribution in [0.5, 0.6) is 0 Å². The number of aliphatic carboxylic acids is 1. The number of carbonyl (C=O) groups is 2. The maximum absolute atomic E-state index is 12.6. The summed E-state index contributed by atoms with van der Waals surface area (Å²) in [5, 5.41) is 12.1. The number of benzene rings is 1. The summed E-state index contributed by atoms with van der Waals surface area (Å²) >= 11 is 0. The van der Waals surface area contributed by atoms with Crippen LogP contribution in [0.3, 0.4) is 0 Å². The van der Waals surface area contributed by atoms with Gasteiger partial charge >= 0.3 is 12.0 Å². The van der Waals surface area contributed by atoms with E-state index in [-0.39, 0.29) is 24.0 Å². The van der Waals surface area contributed by atoms with E-state index in [1.807, 2.05) is 17.0 Å². The second-order valence-corrected chi connectivity index (χ2v) is 6.65. The zero-order valence-electron chi connectivity index (χ0n) is 13.5. The fourth-order valence-electron chi connectivity index (χ4n) is 3.79. The molecule has 124 valence electrons. The van der Waals surface area contributed by atoms with Crippen molar-refractivity contribution in [3.8, 4) is 0 Å². The van der Waals surface area contributed by atoms with E-state index in [0.29, 0.717) is 12.8 Å². The van der Waals surface area contributed by atoms with E-state index in [0.717, 1.165) is 25.8 Å². The monoisotopic (exact) mass is 316 g/mol. The molecule has 5 heteroatoms. The van der Waals surface area contributed by atoms with E-state index in [1.54, 1.807) is 0 Å². The summed E-state index contributed by atoms with van der Waals surface area (Å²) in [5.74, 6) is -0.958. The second-order valence-electron chi connectivity index (χ2n) is 6.65. The summed E-state index contributed by atoms with van der Waals surface area (Å²) in [4.78, 5) is 25.5. The third-order valence-corrected chi connectivity index (χ3v) is 5.26. The molecule has 3 rings (SSSR count). The van der Waals surface area contributed by atoms with Crippen molar-refractivity contribution in [2.75, 3.05) is 6.54 Å². The van der Waals surface area contributed by atoms with Crippen LogP contribution in [0.2, 0.25) is 0 Å². The summed E-state index contributed by atoms with van der Waals surface area (Å²) in [6, 6.07) is 8.45. The molecule has 23 heavy (non-hydrogen) atoms. The quantitative estimate of drug-likeness (QED) is 0.881. The van der Waals surface area contributed by atoms with Crippen molar-refractivity contribution in [3.05, 3.63) is 35.4 Å². The van der Waals surface area contributed by atoms with Gasteiger partial charge in [-0.15, -0.1) is 0 Å². The third-order valence-electron chi connectivity index (χ3n) is 5.26. The Morgan fingerprint density at radius 3 is 2.57 bits per heavy atom. The van der Waals surface area contributed by atoms with E-state index in [1.165, 1.54) is 11.1 Å². The van der Waals surface area contributed by atoms with E-state index in [9.17, 15) is 9.59 Å². The van der Waals surface area contributed by atoms with Gasteiger partial charge in [0.2, 0.25) is 0 Å². The minimum Gasteiger partial charge on any atom is -0.481 e. The van der Waals surface area contributed by atoms with Gasteiger partial charge in [-0.3, -0.25) is 4.79 Å². The topological polar surface area (TPSA) is 69.6 Å². The van der Waals surface area contributed by atoms with Crippen LogP contribution in [0, 0.1) is 5.92 Å². The molecular formula is C18H24N2O3. The zero-order chi connectivity index (χ0) is 16.4. The molecule has 1 aliphatic heterocycles. The molecule has 2 N–H and O–H groups in total. The summed E-state index contributed by atoms with van der Waals surface area (Å²) in [6.07, 6.45) is 3.69. The van der Waals surface area contributed by atoms with Gasteiger partial charge in [-0.05, 0) is 50.2 Å². The summed E-state index contributed by atoms with van der Waals surface area (Å²) in [5.41, 5.74) is 2.55. The maximum Gasteiger partial charge on any atom is 0.318 e. The highest BCUT2D eigenvalue weighted by Crippen LogP contribution is 2.30. The Hall–Kier alpha value is -2.04. The van der Waals surface area contributed by atoms with Crippen LogP contribution < -0.4 is 5.32 Å². The molecule has 2 aliphatic rings. The average molecular weight is 316 g/mol. The van der Waals surface area contributed by atoms with Gasteiger partial charge in [-0.25, -0.2) is 4.79 Å². The van der Waals surface area contributed by atoms with E-state index >= 15 is 0 Å². The standard InChI is InChI=1S/C18H24N2O3/c1-12-16-5-3-2-4-13(16)10-11-20(12)18(23)19-15-8-6-14(7-9-15)17(21)22/h2-5,12,14-15H,6-11H2,1H3,(H,19,23)(H,21,22). The van der Waals surface area contributed by atoms with Crippen molar-refractivity contribution >= 4 is 12.0 Å². The average Bonchev–Trinajstić information content (AvgIpc) is 2.56. The number of rotatable bonds is 2. The molecule has 2 amide bonds. The van der Waals surface area contributed by atoms with Crippen LogP contribution in [-0.4, -0.2) is 34.6 Å². The first-order chi connectivity index (χ1) is 11.1. The highest BCUT2D eigenvalue weighted by Gasteiger charge is 2.31. The molecule has 1 unspecified atom stereocenters. The lowest BCUT2D eigenvalue weighted by Crippen LogP contribution is -2.49. The number of nitrogens with one attached hydrogen (secondary N) is 1. The Morgan fingerprint density at radius 1 is 1.17 bits per heavy atom. The van der Waals surface area contributed by atoms with Crippen molar-refractivity contribution in [2.24, 2.45) is 5.92 Å². The van der Waals surface area contributed by atoms with Gasteiger partial charge < -0.3 is 15.3 Å². The Labute approximate surface area is 136 Å². The Kier molecular flexibility index (Phi) is 4.55. The molecule has 0 saturated heterocycles. The van der Waals surface area contributed by atoms with E-state index in [2.05, 4.69) is 24.4 Å². The number of fused-ring (bicyclic) bond motifs is 1. The Bertz CT molecular complexity index is 594. The maximum atomic E-state index is 12.6. The molecule has 1 saturated carbocycles. The molecule has 0 bridgehead atoms. The number of amides is 2. The van der Waals surface area contributed by atoms with Crippen molar-refractivity contribution in [1.82, 2.24) is 10.2 Å². The molecule has 1 aliphatic carbocycles. The lowest BCUT2D eigenvalue weighted by molar-refractivity contribution is -0.142. The number of hydrogen-bond acceptors (Lipinski definition) is 2. The minimum atomic E-state index is -0.712. The summed E-state index contributed by atoms with van der Waals surface area (Å²) < 4.78 is 0. The van der Waals surface area contributed by atoms with Gasteiger partial charge in [0.15, 0.2) is 0 Å². The first-order valence-electron chi connectivity index (χ1n) is 8.44. The number of carbonyl (C=O) groups excluding carboxylic acids is 1. The van der Waals surface area contributed by atoms with Gasteiger partial charge in [0, 0.05) is 12.6 Å². The molecule has 0 radical (unpaired) electrons. The predicted octanol–water partition coefficient (Wildman–Crippen LogP) is 2.96. The first-order valence-corrected chi connectivity index (χ1v) is 8.44. The molecule has 1 fully saturated rings. The highest BCUT2D eigenvalue weighted by atomic mass is 16.4. The lowest BCUT2D eigenvalue weighted by Gasteiger charge is -2.37. The Balaban J connectivity index is 1.58. The molecule has 5 nitrogen and oxygen atoms in total. The van der Waals surface area contributed by atoms with Gasteiger partial charge in [-0.2, -0.15) is 0 Å². The second kappa shape index (κ2) is 6.60. The van der Waals surface area contributed by atoms with Gasteiger partial charge in [0.25, 0.3) is 0 Å². The van der Waals surface area contributed by atoms with Gasteiger partial charge in [-0.1, -0.05) is 24.3 Å². The number of carboxylic acids is 1. The van der Waals surface area contributed by atoms with Crippen LogP contribution in [0.1, 0.15) is 49.8 Å². The van der Waals surface area contributed by atoms with Gasteiger partial charge in [0.1, 0.15) is 0 Å². The SMILES string of the molecule is CC1c2ccccc2CCN1C(=O)NC1CCC(C(=O)O)CC1. The molecule has 0 spiro atoms. The van der Waals surface area contributed by atoms with Crippen LogP contribution in [0.4, 0.5) is 4.79 Å². The molecule has 1 heterocycles. The van der Waals surface area contributed by atoms with Crippen molar-refractivity contribution < 1.29 is 14.7 Å². The smallest absolute Gasteiger partial charge is 0.318 e. The highest BCUT2D eigenvalue weighted by molar-refractivity contribution is 5.75. The Morgan fingerprint density at radius 2 is 1.87 bits per heavy atom. The number of carboxylic acid groups (broad SMARTS) is 1. The van der Waals surface area contributed by atoms with Gasteiger partial charge in [0.05, 0.1) is 12.0 Å². The first kappa shape index (κ1) is 15.8. The molecule has 0 aromatic heterocycles. The largest absolute Gasteiger partial charge is 0.481 e. The van der Waals surface area contributed by atoms with Crippen LogP contribution >= 0.6 is 0 Å².